The zero-order valence-corrected chi connectivity index (χ0v) is 22.6. The van der Waals surface area contributed by atoms with Crippen LogP contribution in [0, 0.1) is 0 Å². The number of para-hydroxylation sites is 2. The van der Waals surface area contributed by atoms with Gasteiger partial charge in [0.2, 0.25) is 5.91 Å². The second kappa shape index (κ2) is 11.3. The molecule has 0 aliphatic heterocycles. The Morgan fingerprint density at radius 2 is 1.82 bits per heavy atom. The number of aryl methyl sites for hydroxylation is 1. The van der Waals surface area contributed by atoms with Crippen LogP contribution in [-0.4, -0.2) is 33.1 Å². The number of rotatable bonds is 8. The van der Waals surface area contributed by atoms with E-state index in [4.69, 9.17) is 11.5 Å². The summed E-state index contributed by atoms with van der Waals surface area (Å²) in [6.45, 7) is 2.00. The fraction of sp³-hybridized carbons (Fsp3) is 0.310. The Morgan fingerprint density at radius 3 is 2.54 bits per heavy atom. The molecule has 1 aliphatic rings. The number of aromatic nitrogens is 2. The van der Waals surface area contributed by atoms with Crippen molar-refractivity contribution in [2.24, 2.45) is 5.73 Å². The molecule has 5 rings (SSSR count). The van der Waals surface area contributed by atoms with Crippen LogP contribution in [0.15, 0.2) is 54.7 Å². The lowest BCUT2D eigenvalue weighted by molar-refractivity contribution is -0.123. The molecule has 0 saturated heterocycles. The van der Waals surface area contributed by atoms with Gasteiger partial charge in [-0.2, -0.15) is 4.37 Å². The number of H-pyrrole nitrogens is 1. The van der Waals surface area contributed by atoms with Crippen molar-refractivity contribution in [2.45, 2.75) is 57.5 Å². The Labute approximate surface area is 230 Å². The fourth-order valence-corrected chi connectivity index (χ4v) is 6.14. The van der Waals surface area contributed by atoms with Gasteiger partial charge in [-0.3, -0.25) is 19.3 Å². The number of hydrogen-bond donors (Lipinski definition) is 4. The van der Waals surface area contributed by atoms with E-state index in [9.17, 15) is 14.4 Å². The number of hydrogen-bond acceptors (Lipinski definition) is 6. The van der Waals surface area contributed by atoms with Gasteiger partial charge < -0.3 is 21.8 Å². The molecule has 4 aromatic rings. The van der Waals surface area contributed by atoms with Gasteiger partial charge in [-0.25, -0.2) is 0 Å². The Hall–Kier alpha value is -4.18. The minimum atomic E-state index is -1.01. The van der Waals surface area contributed by atoms with Gasteiger partial charge in [-0.05, 0) is 48.5 Å². The van der Waals surface area contributed by atoms with Gasteiger partial charge in [0.25, 0.3) is 11.8 Å². The van der Waals surface area contributed by atoms with E-state index in [0.717, 1.165) is 60.1 Å². The zero-order chi connectivity index (χ0) is 27.5. The number of amides is 3. The first-order valence-electron chi connectivity index (χ1n) is 13.2. The summed E-state index contributed by atoms with van der Waals surface area (Å²) in [4.78, 5) is 45.4. The van der Waals surface area contributed by atoms with Crippen molar-refractivity contribution in [3.63, 3.8) is 0 Å². The molecular weight excluding hydrogens is 512 g/mol. The van der Waals surface area contributed by atoms with E-state index in [-0.39, 0.29) is 28.2 Å². The second-order valence-corrected chi connectivity index (χ2v) is 10.6. The quantitative estimate of drug-likeness (QED) is 0.254. The second-order valence-electron chi connectivity index (χ2n) is 9.83. The van der Waals surface area contributed by atoms with Gasteiger partial charge in [-0.1, -0.05) is 62.6 Å². The Balaban J connectivity index is 1.70. The average molecular weight is 545 g/mol. The van der Waals surface area contributed by atoms with Crippen LogP contribution in [0.5, 0.6) is 0 Å². The van der Waals surface area contributed by atoms with Crippen LogP contribution in [0.4, 0.5) is 11.4 Å². The van der Waals surface area contributed by atoms with E-state index in [1.54, 1.807) is 6.20 Å². The lowest BCUT2D eigenvalue weighted by Gasteiger charge is -2.34. The molecule has 1 fully saturated rings. The highest BCUT2D eigenvalue weighted by Crippen LogP contribution is 2.37. The van der Waals surface area contributed by atoms with Crippen LogP contribution >= 0.6 is 11.5 Å². The summed E-state index contributed by atoms with van der Waals surface area (Å²) < 4.78 is 4.05. The number of carbonyl (C=O) groups is 3. The number of benzene rings is 2. The van der Waals surface area contributed by atoms with Crippen LogP contribution in [0.1, 0.15) is 76.4 Å². The molecule has 10 heteroatoms. The van der Waals surface area contributed by atoms with Crippen LogP contribution in [0.2, 0.25) is 0 Å². The third-order valence-electron chi connectivity index (χ3n) is 7.38. The molecule has 202 valence electrons. The third kappa shape index (κ3) is 5.12. The van der Waals surface area contributed by atoms with Gasteiger partial charge in [0.05, 0.1) is 5.69 Å². The summed E-state index contributed by atoms with van der Waals surface area (Å²) in [7, 11) is 0. The number of nitrogens with two attached hydrogens (primary N) is 2. The van der Waals surface area contributed by atoms with Gasteiger partial charge in [0, 0.05) is 34.4 Å². The lowest BCUT2D eigenvalue weighted by atomic mass is 9.94. The standard InChI is InChI=1S/C29H32N6O3S/c1-2-17-10-6-9-15-22(17)35(29(38)26-23(30)24(27(31)36)34-39-26)25(28(37)33-18-11-4-3-5-12-18)20-16-32-21-14-8-7-13-19(20)21/h6-10,13-16,18,25,32H,2-5,11-12,30H2,1H3,(H2,31,36)(H,33,37). The smallest absolute Gasteiger partial charge is 0.273 e. The van der Waals surface area contributed by atoms with Crippen molar-refractivity contribution in [2.75, 3.05) is 10.6 Å². The first kappa shape index (κ1) is 26.4. The zero-order valence-electron chi connectivity index (χ0n) is 21.8. The molecule has 0 bridgehead atoms. The van der Waals surface area contributed by atoms with Crippen LogP contribution in [-0.2, 0) is 11.2 Å². The molecule has 2 aromatic carbocycles. The lowest BCUT2D eigenvalue weighted by Crippen LogP contribution is -2.47. The maximum atomic E-state index is 14.4. The number of nitrogens with one attached hydrogen (secondary N) is 2. The molecule has 9 nitrogen and oxygen atoms in total. The van der Waals surface area contributed by atoms with Crippen LogP contribution < -0.4 is 21.7 Å². The largest absolute Gasteiger partial charge is 0.395 e. The number of fused-ring (bicyclic) bond motifs is 1. The summed E-state index contributed by atoms with van der Waals surface area (Å²) in [6, 6.07) is 14.2. The molecule has 3 amide bonds. The molecule has 39 heavy (non-hydrogen) atoms. The van der Waals surface area contributed by atoms with Gasteiger partial charge >= 0.3 is 0 Å². The molecule has 0 spiro atoms. The summed E-state index contributed by atoms with van der Waals surface area (Å²) in [5.74, 6) is -1.61. The topological polar surface area (TPSA) is 147 Å². The van der Waals surface area contributed by atoms with E-state index in [1.807, 2.05) is 55.5 Å². The summed E-state index contributed by atoms with van der Waals surface area (Å²) in [5.41, 5.74) is 14.4. The highest BCUT2D eigenvalue weighted by atomic mass is 32.1. The van der Waals surface area contributed by atoms with Gasteiger partial charge in [-0.15, -0.1) is 0 Å². The van der Waals surface area contributed by atoms with Crippen molar-refractivity contribution < 1.29 is 14.4 Å². The normalized spacial score (nSPS) is 14.7. The number of carbonyl (C=O) groups excluding carboxylic acids is 3. The van der Waals surface area contributed by atoms with E-state index in [2.05, 4.69) is 14.7 Å². The summed E-state index contributed by atoms with van der Waals surface area (Å²) >= 11 is 0.808. The SMILES string of the molecule is CCc1ccccc1N(C(=O)c1snc(C(N)=O)c1N)C(C(=O)NC1CCCCC1)c1c[nH]c2ccccc12. The fourth-order valence-electron chi connectivity index (χ4n) is 5.39. The maximum Gasteiger partial charge on any atom is 0.273 e. The Morgan fingerprint density at radius 1 is 1.10 bits per heavy atom. The molecule has 6 N–H and O–H groups in total. The molecule has 2 aromatic heterocycles. The third-order valence-corrected chi connectivity index (χ3v) is 8.23. The van der Waals surface area contributed by atoms with Crippen molar-refractivity contribution in [3.8, 4) is 0 Å². The number of anilines is 2. The monoisotopic (exact) mass is 544 g/mol. The predicted octanol–water partition coefficient (Wildman–Crippen LogP) is 4.70. The van der Waals surface area contributed by atoms with Crippen molar-refractivity contribution in [1.29, 1.82) is 0 Å². The minimum Gasteiger partial charge on any atom is -0.395 e. The van der Waals surface area contributed by atoms with Gasteiger partial charge in [0.15, 0.2) is 5.69 Å². The van der Waals surface area contributed by atoms with E-state index in [0.29, 0.717) is 17.7 Å². The van der Waals surface area contributed by atoms with Gasteiger partial charge in [0.1, 0.15) is 10.9 Å². The average Bonchev–Trinajstić information content (AvgIpc) is 3.55. The Bertz CT molecular complexity index is 1520. The number of nitrogen functional groups attached to an aromatic ring is 1. The van der Waals surface area contributed by atoms with Crippen molar-refractivity contribution in [1.82, 2.24) is 14.7 Å². The van der Waals surface area contributed by atoms with E-state index < -0.39 is 17.9 Å². The molecule has 1 saturated carbocycles. The Kier molecular flexibility index (Phi) is 7.65. The van der Waals surface area contributed by atoms with E-state index in [1.165, 1.54) is 4.90 Å². The molecule has 2 heterocycles. The number of nitrogens with zero attached hydrogens (tertiary/aromatic N) is 2. The first-order chi connectivity index (χ1) is 18.9. The molecule has 1 unspecified atom stereocenters. The first-order valence-corrected chi connectivity index (χ1v) is 14.0. The molecule has 1 aliphatic carbocycles. The van der Waals surface area contributed by atoms with Crippen molar-refractivity contribution >= 4 is 51.5 Å². The molecule has 0 radical (unpaired) electrons. The minimum absolute atomic E-state index is 0.0345. The number of aromatic amines is 1. The molecular formula is C29H32N6O3S. The molecule has 1 atom stereocenters. The highest BCUT2D eigenvalue weighted by Gasteiger charge is 2.38. The highest BCUT2D eigenvalue weighted by molar-refractivity contribution is 7.09. The summed E-state index contributed by atoms with van der Waals surface area (Å²) in [5, 5.41) is 4.08. The van der Waals surface area contributed by atoms with Crippen LogP contribution in [0.3, 0.4) is 0 Å². The maximum absolute atomic E-state index is 14.4. The van der Waals surface area contributed by atoms with Crippen molar-refractivity contribution in [3.05, 3.63) is 76.4 Å². The predicted molar refractivity (Wildman–Crippen MR) is 154 cm³/mol. The number of primary amides is 1. The summed E-state index contributed by atoms with van der Waals surface area (Å²) in [6.07, 6.45) is 7.48. The van der Waals surface area contributed by atoms with Crippen LogP contribution in [0.25, 0.3) is 10.9 Å². The van der Waals surface area contributed by atoms with E-state index >= 15 is 0 Å².